The average Bonchev–Trinajstić information content (AvgIpc) is 3.43. The van der Waals surface area contributed by atoms with Crippen LogP contribution in [0.2, 0.25) is 0 Å². The lowest BCUT2D eigenvalue weighted by Crippen LogP contribution is -2.52. The van der Waals surface area contributed by atoms with E-state index in [4.69, 9.17) is 10.5 Å². The van der Waals surface area contributed by atoms with Crippen LogP contribution in [0.15, 0.2) is 17.0 Å². The Morgan fingerprint density at radius 2 is 1.87 bits per heavy atom. The van der Waals surface area contributed by atoms with Crippen LogP contribution in [0.3, 0.4) is 0 Å². The number of piperazine rings is 1. The van der Waals surface area contributed by atoms with E-state index in [2.05, 4.69) is 20.3 Å². The summed E-state index contributed by atoms with van der Waals surface area (Å²) in [5.41, 5.74) is 3.99. The minimum absolute atomic E-state index is 0.0568. The number of aromatic nitrogens is 3. The summed E-state index contributed by atoms with van der Waals surface area (Å²) in [5, 5.41) is 3.35. The van der Waals surface area contributed by atoms with Gasteiger partial charge in [-0.3, -0.25) is 4.31 Å². The summed E-state index contributed by atoms with van der Waals surface area (Å²) in [5.74, 6) is -5.65. The molecule has 0 amide bonds. The van der Waals surface area contributed by atoms with Crippen molar-refractivity contribution in [3.8, 4) is 6.01 Å². The summed E-state index contributed by atoms with van der Waals surface area (Å²) in [4.78, 5) is 13.4. The van der Waals surface area contributed by atoms with Gasteiger partial charge < -0.3 is 20.7 Å². The van der Waals surface area contributed by atoms with Gasteiger partial charge in [-0.2, -0.15) is 9.97 Å². The van der Waals surface area contributed by atoms with Crippen molar-refractivity contribution in [3.63, 3.8) is 0 Å². The molecule has 3 aliphatic heterocycles. The number of nitrogens with one attached hydrogen (secondary N) is 1. The molecular weight excluding hydrogens is 562 g/mol. The second-order valence-corrected chi connectivity index (χ2v) is 12.7. The van der Waals surface area contributed by atoms with Gasteiger partial charge in [-0.15, -0.1) is 0 Å². The minimum atomic E-state index is -4.87. The summed E-state index contributed by atoms with van der Waals surface area (Å²) < 4.78 is 93.8. The second kappa shape index (κ2) is 8.89. The van der Waals surface area contributed by atoms with Gasteiger partial charge in [0, 0.05) is 37.7 Å². The first-order valence-electron chi connectivity index (χ1n) is 12.0. The minimum Gasteiger partial charge on any atom is -0.467 e. The lowest BCUT2D eigenvalue weighted by atomic mass is 10.1. The van der Waals surface area contributed by atoms with Crippen LogP contribution in [0, 0.1) is 5.82 Å². The van der Waals surface area contributed by atoms with E-state index in [0.717, 1.165) is 36.3 Å². The average molecular weight is 586 g/mol. The lowest BCUT2D eigenvalue weighted by molar-refractivity contribution is 0.0125. The maximum Gasteiger partial charge on any atom is 0.318 e. The van der Waals surface area contributed by atoms with Crippen LogP contribution in [-0.2, 0) is 10.0 Å². The number of methoxy groups -OCH3 is 1. The van der Waals surface area contributed by atoms with Crippen LogP contribution < -0.4 is 20.7 Å². The fourth-order valence-electron chi connectivity index (χ4n) is 5.38. The molecule has 2 fully saturated rings. The van der Waals surface area contributed by atoms with Gasteiger partial charge >= 0.3 is 6.01 Å². The Hall–Kier alpha value is -3.24. The van der Waals surface area contributed by atoms with Crippen molar-refractivity contribution in [1.29, 1.82) is 0 Å². The van der Waals surface area contributed by atoms with Crippen LogP contribution in [0.25, 0.3) is 21.7 Å². The van der Waals surface area contributed by atoms with Crippen LogP contribution in [-0.4, -0.2) is 72.4 Å². The number of anilines is 2. The van der Waals surface area contributed by atoms with Crippen molar-refractivity contribution in [3.05, 3.63) is 29.2 Å². The summed E-state index contributed by atoms with van der Waals surface area (Å²) in [7, 11) is -3.63. The third kappa shape index (κ3) is 4.24. The lowest BCUT2D eigenvalue weighted by Gasteiger charge is -2.38. The van der Waals surface area contributed by atoms with Crippen molar-refractivity contribution in [2.75, 3.05) is 37.4 Å². The molecule has 0 aliphatic carbocycles. The van der Waals surface area contributed by atoms with Crippen LogP contribution in [0.4, 0.5) is 28.5 Å². The van der Waals surface area contributed by atoms with Gasteiger partial charge in [0.05, 0.1) is 29.6 Å². The predicted molar refractivity (Wildman–Crippen MR) is 137 cm³/mol. The van der Waals surface area contributed by atoms with Crippen LogP contribution >= 0.6 is 11.3 Å². The molecule has 3 N–H and O–H groups in total. The quantitative estimate of drug-likeness (QED) is 0.434. The topological polar surface area (TPSA) is 127 Å². The maximum atomic E-state index is 16.6. The fourth-order valence-corrected chi connectivity index (χ4v) is 7.97. The standard InChI is InChI=1S/C23H23F4N7O3S2/c1-23(26,27)9-34-17(12-5-6-13(24)18-15(12)30-21(28)38-18)14(25)16-19(39(34,35)36)20(32-22(31-16)37-2)33-7-10-3-4-11(8-33)29-10/h5-6,10-11,29H,3-4,7-9H2,1-2H3,(H2,28,30). The number of nitrogens with zero attached hydrogens (tertiary/aromatic N) is 5. The number of rotatable bonds is 5. The SMILES string of the molecule is COc1nc2c(c(N3CC4CCC(C3)N4)n1)S(=O)(=O)N(CC(C)(F)F)C(c1ccc(F)c3sc(N)nc13)=C2F. The van der Waals surface area contributed by atoms with Crippen molar-refractivity contribution >= 4 is 54.1 Å². The highest BCUT2D eigenvalue weighted by atomic mass is 32.2. The fraction of sp³-hybridized carbons (Fsp3) is 0.435. The number of nitrogen functional groups attached to an aromatic ring is 1. The third-order valence-corrected chi connectivity index (χ3v) is 9.60. The molecule has 6 rings (SSSR count). The zero-order valence-electron chi connectivity index (χ0n) is 20.7. The predicted octanol–water partition coefficient (Wildman–Crippen LogP) is 3.21. The number of ether oxygens (including phenoxy) is 1. The Bertz CT molecular complexity index is 1630. The van der Waals surface area contributed by atoms with E-state index in [1.54, 1.807) is 4.90 Å². The molecule has 2 bridgehead atoms. The largest absolute Gasteiger partial charge is 0.467 e. The first-order chi connectivity index (χ1) is 18.4. The highest BCUT2D eigenvalue weighted by Crippen LogP contribution is 2.48. The van der Waals surface area contributed by atoms with Gasteiger partial charge in [-0.1, -0.05) is 11.3 Å². The van der Waals surface area contributed by atoms with Gasteiger partial charge in [-0.25, -0.2) is 31.0 Å². The number of alkyl halides is 2. The van der Waals surface area contributed by atoms with Gasteiger partial charge in [0.25, 0.3) is 15.9 Å². The van der Waals surface area contributed by atoms with E-state index >= 15 is 4.39 Å². The molecule has 2 aromatic heterocycles. The molecule has 2 atom stereocenters. The Kier molecular flexibility index (Phi) is 5.93. The molecule has 0 radical (unpaired) electrons. The Labute approximate surface area is 224 Å². The third-order valence-electron chi connectivity index (χ3n) is 6.93. The molecule has 3 aliphatic rings. The van der Waals surface area contributed by atoms with Crippen LogP contribution in [0.5, 0.6) is 6.01 Å². The van der Waals surface area contributed by atoms with Gasteiger partial charge in [0.15, 0.2) is 21.7 Å². The number of hydrogen-bond acceptors (Lipinski definition) is 10. The molecule has 10 nitrogen and oxygen atoms in total. The molecule has 2 unspecified atom stereocenters. The van der Waals surface area contributed by atoms with E-state index in [1.807, 2.05) is 0 Å². The van der Waals surface area contributed by atoms with E-state index in [-0.39, 0.29) is 44.8 Å². The first kappa shape index (κ1) is 26.0. The molecule has 1 aromatic carbocycles. The summed E-state index contributed by atoms with van der Waals surface area (Å²) in [6, 6.07) is 1.88. The number of hydrogen-bond donors (Lipinski definition) is 2. The number of halogens is 4. The van der Waals surface area contributed by atoms with Crippen molar-refractivity contribution in [2.45, 2.75) is 42.7 Å². The van der Waals surface area contributed by atoms with Gasteiger partial charge in [0.1, 0.15) is 11.5 Å². The molecule has 2 saturated heterocycles. The Balaban J connectivity index is 1.65. The van der Waals surface area contributed by atoms with Crippen LogP contribution in [0.1, 0.15) is 31.0 Å². The maximum absolute atomic E-state index is 16.6. The number of fused-ring (bicyclic) bond motifs is 4. The Morgan fingerprint density at radius 3 is 2.51 bits per heavy atom. The first-order valence-corrected chi connectivity index (χ1v) is 14.3. The monoisotopic (exact) mass is 585 g/mol. The zero-order chi connectivity index (χ0) is 27.9. The van der Waals surface area contributed by atoms with E-state index in [0.29, 0.717) is 24.3 Å². The van der Waals surface area contributed by atoms with Crippen molar-refractivity contribution < 1.29 is 30.7 Å². The van der Waals surface area contributed by atoms with E-state index in [1.165, 1.54) is 7.11 Å². The molecule has 3 aromatic rings. The normalized spacial score (nSPS) is 22.5. The van der Waals surface area contributed by atoms with Gasteiger partial charge in [-0.05, 0) is 25.0 Å². The highest BCUT2D eigenvalue weighted by molar-refractivity contribution is 7.89. The number of benzene rings is 1. The van der Waals surface area contributed by atoms with Crippen molar-refractivity contribution in [1.82, 2.24) is 24.6 Å². The molecule has 39 heavy (non-hydrogen) atoms. The Morgan fingerprint density at radius 1 is 1.18 bits per heavy atom. The summed E-state index contributed by atoms with van der Waals surface area (Å²) >= 11 is 0.764. The van der Waals surface area contributed by atoms with E-state index < -0.39 is 50.4 Å². The van der Waals surface area contributed by atoms with E-state index in [9.17, 15) is 21.6 Å². The molecule has 208 valence electrons. The molecule has 0 saturated carbocycles. The molecule has 16 heteroatoms. The molecule has 5 heterocycles. The zero-order valence-corrected chi connectivity index (χ0v) is 22.3. The smallest absolute Gasteiger partial charge is 0.318 e. The molecule has 0 spiro atoms. The number of nitrogens with two attached hydrogens (primary N) is 1. The van der Waals surface area contributed by atoms with Crippen molar-refractivity contribution in [2.24, 2.45) is 0 Å². The highest BCUT2D eigenvalue weighted by Gasteiger charge is 2.47. The second-order valence-electron chi connectivity index (χ2n) is 9.82. The summed E-state index contributed by atoms with van der Waals surface area (Å²) in [6.07, 6.45) is 1.73. The molecular formula is C23H23F4N7O3S2. The summed E-state index contributed by atoms with van der Waals surface area (Å²) in [6.45, 7) is -0.128. The number of sulfonamides is 1. The van der Waals surface area contributed by atoms with Gasteiger partial charge in [0.2, 0.25) is 0 Å². The number of thiazole rings is 1.